The van der Waals surface area contributed by atoms with E-state index in [2.05, 4.69) is 83.3 Å². The number of unbranched alkanes of at least 4 members (excludes halogenated alkanes) is 3. The molecule has 0 spiro atoms. The Morgan fingerprint density at radius 3 is 2.19 bits per heavy atom. The van der Waals surface area contributed by atoms with Gasteiger partial charge in [-0.05, 0) is 84.5 Å². The fraction of sp³-hybridized carbons (Fsp3) is 0.774. The molecule has 0 aliphatic carbocycles. The predicted molar refractivity (Wildman–Crippen MR) is 177 cm³/mol. The third kappa shape index (κ3) is 9.77. The molecule has 2 heterocycles. The Morgan fingerprint density at radius 1 is 0.930 bits per heavy atom. The van der Waals surface area contributed by atoms with Crippen molar-refractivity contribution < 1.29 is 22.0 Å². The van der Waals surface area contributed by atoms with Gasteiger partial charge in [0.2, 0.25) is 9.84 Å². The predicted octanol–water partition coefficient (Wildman–Crippen LogP) is 7.35. The lowest BCUT2D eigenvalue weighted by atomic mass is 10.0. The first-order chi connectivity index (χ1) is 19.8. The van der Waals surface area contributed by atoms with Crippen molar-refractivity contribution in [2.75, 3.05) is 12.4 Å². The lowest BCUT2D eigenvalue weighted by Gasteiger charge is -2.41. The Balaban J connectivity index is 1.53. The van der Waals surface area contributed by atoms with Crippen molar-refractivity contribution in [1.82, 2.24) is 20.2 Å². The molecule has 0 unspecified atom stereocenters. The maximum absolute atomic E-state index is 13.1. The zero-order valence-electron chi connectivity index (χ0n) is 28.2. The first-order valence-electron chi connectivity index (χ1n) is 15.9. The Labute approximate surface area is 262 Å². The molecule has 1 aliphatic heterocycles. The highest BCUT2D eigenvalue weighted by atomic mass is 32.2. The number of aromatic nitrogens is 4. The molecule has 0 bridgehead atoms. The minimum absolute atomic E-state index is 0.0196. The van der Waals surface area contributed by atoms with Crippen LogP contribution in [0.15, 0.2) is 35.5 Å². The highest BCUT2D eigenvalue weighted by molar-refractivity contribution is 7.91. The van der Waals surface area contributed by atoms with Gasteiger partial charge in [0.1, 0.15) is 0 Å². The Bertz CT molecular complexity index is 1260. The van der Waals surface area contributed by atoms with Crippen LogP contribution in [0.25, 0.3) is 5.69 Å². The van der Waals surface area contributed by atoms with E-state index >= 15 is 0 Å². The number of nitrogens with zero attached hydrogens (tertiary/aromatic N) is 4. The first-order valence-corrected chi connectivity index (χ1v) is 23.3. The van der Waals surface area contributed by atoms with Crippen LogP contribution in [-0.2, 0) is 23.4 Å². The average molecular weight is 653 g/mol. The van der Waals surface area contributed by atoms with Gasteiger partial charge in [-0.2, -0.15) is 4.68 Å². The number of ether oxygens (including phenoxy) is 1. The quantitative estimate of drug-likeness (QED) is 0.145. The number of hydrogen-bond donors (Lipinski definition) is 0. The smallest absolute Gasteiger partial charge is 0.272 e. The molecule has 0 N–H and O–H groups in total. The summed E-state index contributed by atoms with van der Waals surface area (Å²) < 4.78 is 47.4. The van der Waals surface area contributed by atoms with E-state index < -0.39 is 26.5 Å². The molecule has 1 aliphatic rings. The van der Waals surface area contributed by atoms with Crippen LogP contribution in [0.1, 0.15) is 86.5 Å². The van der Waals surface area contributed by atoms with Gasteiger partial charge >= 0.3 is 0 Å². The average Bonchev–Trinajstić information content (AvgIpc) is 3.59. The lowest BCUT2D eigenvalue weighted by molar-refractivity contribution is -0.0452. The second-order valence-corrected chi connectivity index (χ2v) is 26.7. The number of rotatable bonds is 15. The summed E-state index contributed by atoms with van der Waals surface area (Å²) in [4.78, 5) is 0. The molecule has 244 valence electrons. The van der Waals surface area contributed by atoms with Crippen LogP contribution in [0, 0.1) is 0 Å². The summed E-state index contributed by atoms with van der Waals surface area (Å²) in [5, 5.41) is 11.5. The van der Waals surface area contributed by atoms with Crippen molar-refractivity contribution in [3.63, 3.8) is 0 Å². The van der Waals surface area contributed by atoms with Gasteiger partial charge in [0.05, 0.1) is 36.4 Å². The van der Waals surface area contributed by atoms with E-state index in [1.54, 1.807) is 12.1 Å². The Kier molecular flexibility index (Phi) is 12.0. The van der Waals surface area contributed by atoms with E-state index in [1.807, 2.05) is 18.2 Å². The van der Waals surface area contributed by atoms with Crippen LogP contribution < -0.4 is 0 Å². The van der Waals surface area contributed by atoms with Crippen LogP contribution >= 0.6 is 0 Å². The minimum atomic E-state index is -3.61. The van der Waals surface area contributed by atoms with E-state index in [-0.39, 0.29) is 39.3 Å². The van der Waals surface area contributed by atoms with E-state index in [1.165, 1.54) is 4.68 Å². The molecule has 12 heteroatoms. The number of hydrogen-bond acceptors (Lipinski definition) is 8. The molecule has 3 atom stereocenters. The van der Waals surface area contributed by atoms with Gasteiger partial charge in [-0.1, -0.05) is 84.1 Å². The maximum Gasteiger partial charge on any atom is 0.272 e. The molecule has 0 amide bonds. The first kappa shape index (κ1) is 36.0. The van der Waals surface area contributed by atoms with Gasteiger partial charge in [-0.25, -0.2) is 8.42 Å². The minimum Gasteiger partial charge on any atom is -0.414 e. The summed E-state index contributed by atoms with van der Waals surface area (Å²) >= 11 is 0. The Morgan fingerprint density at radius 2 is 1.56 bits per heavy atom. The fourth-order valence-electron chi connectivity index (χ4n) is 4.71. The topological polar surface area (TPSA) is 105 Å². The van der Waals surface area contributed by atoms with E-state index in [0.29, 0.717) is 18.7 Å². The maximum atomic E-state index is 13.1. The van der Waals surface area contributed by atoms with Gasteiger partial charge in [0.25, 0.3) is 5.16 Å². The third-order valence-corrected chi connectivity index (χ3v) is 20.3. The number of benzene rings is 1. The molecule has 1 aromatic heterocycles. The molecule has 9 nitrogen and oxygen atoms in total. The molecule has 1 saturated heterocycles. The van der Waals surface area contributed by atoms with Crippen LogP contribution in [0.5, 0.6) is 0 Å². The van der Waals surface area contributed by atoms with Crippen molar-refractivity contribution in [3.05, 3.63) is 30.3 Å². The van der Waals surface area contributed by atoms with Crippen LogP contribution in [0.2, 0.25) is 36.3 Å². The highest BCUT2D eigenvalue weighted by Gasteiger charge is 2.43. The second kappa shape index (κ2) is 14.3. The van der Waals surface area contributed by atoms with Crippen molar-refractivity contribution in [2.45, 2.75) is 146 Å². The highest BCUT2D eigenvalue weighted by Crippen LogP contribution is 2.40. The van der Waals surface area contributed by atoms with Crippen LogP contribution in [0.4, 0.5) is 0 Å². The Hall–Kier alpha value is -1.45. The monoisotopic (exact) mass is 652 g/mol. The van der Waals surface area contributed by atoms with E-state index in [4.69, 9.17) is 13.6 Å². The molecule has 0 saturated carbocycles. The van der Waals surface area contributed by atoms with Crippen LogP contribution in [-0.4, -0.2) is 75.9 Å². The van der Waals surface area contributed by atoms with Gasteiger partial charge < -0.3 is 13.6 Å². The molecule has 1 fully saturated rings. The van der Waals surface area contributed by atoms with Gasteiger partial charge in [0.15, 0.2) is 16.6 Å². The number of sulfone groups is 1. The van der Waals surface area contributed by atoms with E-state index in [0.717, 1.165) is 38.5 Å². The summed E-state index contributed by atoms with van der Waals surface area (Å²) in [7, 11) is -7.44. The van der Waals surface area contributed by atoms with Crippen molar-refractivity contribution in [3.8, 4) is 5.69 Å². The summed E-state index contributed by atoms with van der Waals surface area (Å²) in [5.74, 6) is 0.0196. The van der Waals surface area contributed by atoms with Crippen molar-refractivity contribution in [2.24, 2.45) is 0 Å². The normalized spacial score (nSPS) is 19.6. The van der Waals surface area contributed by atoms with Crippen molar-refractivity contribution in [1.29, 1.82) is 0 Å². The summed E-state index contributed by atoms with van der Waals surface area (Å²) in [6.45, 7) is 23.5. The van der Waals surface area contributed by atoms with Gasteiger partial charge in [-0.15, -0.1) is 0 Å². The van der Waals surface area contributed by atoms with E-state index in [9.17, 15) is 8.42 Å². The standard InChI is InChI=1S/C31H56N4O5SSi2/c1-30(2,3)42(7,8)38-24-26-21-22-27(39-26)28(40-43(9,10)31(4,5)6)20-16-11-12-17-23-41(36,37)29-32-33-34-35(29)25-18-14-13-15-19-25/h13-15,18-19,26-28H,11-12,16-17,20-24H2,1-10H3/t26-,27-,28-/m1/s1. The summed E-state index contributed by atoms with van der Waals surface area (Å²) in [6.07, 6.45) is 6.38. The molecular weight excluding hydrogens is 597 g/mol. The zero-order chi connectivity index (χ0) is 32.1. The fourth-order valence-corrected chi connectivity index (χ4v) is 8.46. The zero-order valence-corrected chi connectivity index (χ0v) is 31.0. The van der Waals surface area contributed by atoms with Gasteiger partial charge in [-0.3, -0.25) is 0 Å². The SMILES string of the molecule is CC(C)(C)[Si](C)(C)OC[C@H]1CC[C@H]([C@@H](CCCCCCS(=O)(=O)c2nnnn2-c2ccccc2)O[Si](C)(C)C(C)(C)C)O1. The lowest BCUT2D eigenvalue weighted by Crippen LogP contribution is -2.47. The number of para-hydroxylation sites is 1. The summed E-state index contributed by atoms with van der Waals surface area (Å²) in [5.41, 5.74) is 0.627. The third-order valence-electron chi connectivity index (χ3n) is 9.62. The van der Waals surface area contributed by atoms with Crippen molar-refractivity contribution >= 4 is 26.5 Å². The molecule has 3 rings (SSSR count). The molecule has 2 aromatic rings. The molecule has 43 heavy (non-hydrogen) atoms. The van der Waals surface area contributed by atoms with Gasteiger partial charge in [0, 0.05) is 0 Å². The number of tetrazole rings is 1. The van der Waals surface area contributed by atoms with Crippen LogP contribution in [0.3, 0.4) is 0 Å². The molecule has 0 radical (unpaired) electrons. The molecule has 1 aromatic carbocycles. The molecular formula is C31H56N4O5SSi2. The summed E-state index contributed by atoms with van der Waals surface area (Å²) in [6, 6.07) is 9.10. The second-order valence-electron chi connectivity index (χ2n) is 15.1. The largest absolute Gasteiger partial charge is 0.414 e.